The van der Waals surface area contributed by atoms with Gasteiger partial charge in [0.1, 0.15) is 0 Å². The van der Waals surface area contributed by atoms with Gasteiger partial charge < -0.3 is 10.1 Å². The minimum Gasteiger partial charge on any atom is -0.383 e. The van der Waals surface area contributed by atoms with Crippen molar-refractivity contribution in [3.05, 3.63) is 16.1 Å². The van der Waals surface area contributed by atoms with Crippen LogP contribution >= 0.6 is 11.3 Å². The fourth-order valence-corrected chi connectivity index (χ4v) is 2.90. The molecule has 0 aromatic carbocycles. The van der Waals surface area contributed by atoms with Crippen LogP contribution in [0.5, 0.6) is 0 Å². The van der Waals surface area contributed by atoms with Gasteiger partial charge in [0, 0.05) is 31.3 Å². The van der Waals surface area contributed by atoms with E-state index in [1.54, 1.807) is 7.11 Å². The van der Waals surface area contributed by atoms with Crippen molar-refractivity contribution in [2.45, 2.75) is 34.1 Å². The fourth-order valence-electron chi connectivity index (χ4n) is 1.90. The molecule has 1 heterocycles. The third-order valence-electron chi connectivity index (χ3n) is 3.65. The number of thiazole rings is 1. The first-order valence-electron chi connectivity index (χ1n) is 6.59. The number of rotatable bonds is 8. The Morgan fingerprint density at radius 3 is 2.72 bits per heavy atom. The van der Waals surface area contributed by atoms with E-state index in [9.17, 15) is 0 Å². The number of hydrogen-bond donors (Lipinski definition) is 1. The van der Waals surface area contributed by atoms with Crippen LogP contribution in [0.4, 0.5) is 0 Å². The van der Waals surface area contributed by atoms with E-state index in [1.165, 1.54) is 4.88 Å². The molecule has 1 aromatic rings. The molecular weight excluding hydrogens is 244 g/mol. The average Bonchev–Trinajstić information content (AvgIpc) is 2.70. The second kappa shape index (κ2) is 7.22. The summed E-state index contributed by atoms with van der Waals surface area (Å²) >= 11 is 1.81. The lowest BCUT2D eigenvalue weighted by atomic mass is 9.76. The molecule has 0 radical (unpaired) electrons. The Hall–Kier alpha value is -0.450. The fraction of sp³-hybridized carbons (Fsp3) is 0.786. The first-order chi connectivity index (χ1) is 8.48. The van der Waals surface area contributed by atoms with Crippen molar-refractivity contribution in [2.75, 3.05) is 26.8 Å². The standard InChI is InChI=1S/C14H26N2OS/c1-11(2)14(4,10-15-6-7-17-5)8-13-9-16-12(3)18-13/h9,11,15H,6-8,10H2,1-5H3. The van der Waals surface area contributed by atoms with E-state index < -0.39 is 0 Å². The molecule has 0 aliphatic heterocycles. The van der Waals surface area contributed by atoms with Gasteiger partial charge in [-0.2, -0.15) is 0 Å². The summed E-state index contributed by atoms with van der Waals surface area (Å²) in [4.78, 5) is 5.73. The van der Waals surface area contributed by atoms with Gasteiger partial charge >= 0.3 is 0 Å². The Labute approximate surface area is 115 Å². The average molecular weight is 270 g/mol. The molecule has 4 heteroatoms. The van der Waals surface area contributed by atoms with Crippen molar-refractivity contribution in [1.82, 2.24) is 10.3 Å². The molecule has 104 valence electrons. The molecule has 0 amide bonds. The topological polar surface area (TPSA) is 34.1 Å². The van der Waals surface area contributed by atoms with Crippen LogP contribution in [0.1, 0.15) is 30.7 Å². The van der Waals surface area contributed by atoms with Crippen LogP contribution in [-0.4, -0.2) is 31.8 Å². The summed E-state index contributed by atoms with van der Waals surface area (Å²) in [5.74, 6) is 0.634. The van der Waals surface area contributed by atoms with Crippen molar-refractivity contribution in [2.24, 2.45) is 11.3 Å². The number of nitrogens with zero attached hydrogens (tertiary/aromatic N) is 1. The van der Waals surface area contributed by atoms with Gasteiger partial charge in [0.15, 0.2) is 0 Å². The SMILES string of the molecule is COCCNCC(C)(Cc1cnc(C)s1)C(C)C. The van der Waals surface area contributed by atoms with Gasteiger partial charge in [0.25, 0.3) is 0 Å². The molecule has 0 spiro atoms. The van der Waals surface area contributed by atoms with Gasteiger partial charge in [-0.3, -0.25) is 0 Å². The Bertz CT molecular complexity index is 351. The summed E-state index contributed by atoms with van der Waals surface area (Å²) < 4.78 is 5.07. The zero-order valence-corrected chi connectivity index (χ0v) is 13.1. The summed E-state index contributed by atoms with van der Waals surface area (Å²) in [6, 6.07) is 0. The third kappa shape index (κ3) is 4.67. The van der Waals surface area contributed by atoms with Crippen LogP contribution in [0, 0.1) is 18.3 Å². The minimum atomic E-state index is 0.271. The number of aromatic nitrogens is 1. The van der Waals surface area contributed by atoms with Crippen LogP contribution in [-0.2, 0) is 11.2 Å². The maximum absolute atomic E-state index is 5.07. The molecule has 3 nitrogen and oxygen atoms in total. The minimum absolute atomic E-state index is 0.271. The normalized spacial score (nSPS) is 15.0. The van der Waals surface area contributed by atoms with Crippen LogP contribution in [0.25, 0.3) is 0 Å². The number of hydrogen-bond acceptors (Lipinski definition) is 4. The molecule has 0 fully saturated rings. The number of nitrogens with one attached hydrogen (secondary N) is 1. The Morgan fingerprint density at radius 2 is 2.22 bits per heavy atom. The molecule has 1 atom stereocenters. The van der Waals surface area contributed by atoms with Gasteiger partial charge in [-0.1, -0.05) is 20.8 Å². The van der Waals surface area contributed by atoms with E-state index in [0.717, 1.165) is 31.1 Å². The summed E-state index contributed by atoms with van der Waals surface area (Å²) in [7, 11) is 1.74. The van der Waals surface area contributed by atoms with Crippen LogP contribution in [0.2, 0.25) is 0 Å². The highest BCUT2D eigenvalue weighted by atomic mass is 32.1. The molecule has 1 aromatic heterocycles. The third-order valence-corrected chi connectivity index (χ3v) is 4.57. The molecule has 0 bridgehead atoms. The van der Waals surface area contributed by atoms with Crippen molar-refractivity contribution in [3.63, 3.8) is 0 Å². The summed E-state index contributed by atoms with van der Waals surface area (Å²) in [6.45, 7) is 11.7. The molecule has 0 aliphatic carbocycles. The predicted octanol–water partition coefficient (Wildman–Crippen LogP) is 2.89. The zero-order valence-electron chi connectivity index (χ0n) is 12.2. The molecule has 0 saturated heterocycles. The van der Waals surface area contributed by atoms with E-state index in [4.69, 9.17) is 4.74 Å². The number of ether oxygens (including phenoxy) is 1. The maximum Gasteiger partial charge on any atom is 0.0896 e. The highest BCUT2D eigenvalue weighted by Crippen LogP contribution is 2.32. The molecular formula is C14H26N2OS. The summed E-state index contributed by atoms with van der Waals surface area (Å²) in [6.07, 6.45) is 3.12. The first kappa shape index (κ1) is 15.6. The largest absolute Gasteiger partial charge is 0.383 e. The van der Waals surface area contributed by atoms with Gasteiger partial charge in [-0.15, -0.1) is 11.3 Å². The quantitative estimate of drug-likeness (QED) is 0.738. The molecule has 18 heavy (non-hydrogen) atoms. The van der Waals surface area contributed by atoms with Crippen LogP contribution in [0.15, 0.2) is 6.20 Å². The summed E-state index contributed by atoms with van der Waals surface area (Å²) in [5, 5.41) is 4.65. The maximum atomic E-state index is 5.07. The van der Waals surface area contributed by atoms with Gasteiger partial charge in [-0.05, 0) is 24.7 Å². The Balaban J connectivity index is 2.56. The van der Waals surface area contributed by atoms with E-state index in [2.05, 4.69) is 38.0 Å². The van der Waals surface area contributed by atoms with Crippen LogP contribution in [0.3, 0.4) is 0 Å². The predicted molar refractivity (Wildman–Crippen MR) is 78.2 cm³/mol. The molecule has 1 unspecified atom stereocenters. The van der Waals surface area contributed by atoms with Crippen molar-refractivity contribution >= 4 is 11.3 Å². The van der Waals surface area contributed by atoms with E-state index in [0.29, 0.717) is 5.92 Å². The monoisotopic (exact) mass is 270 g/mol. The smallest absolute Gasteiger partial charge is 0.0896 e. The highest BCUT2D eigenvalue weighted by molar-refractivity contribution is 7.11. The highest BCUT2D eigenvalue weighted by Gasteiger charge is 2.28. The van der Waals surface area contributed by atoms with Gasteiger partial charge in [0.2, 0.25) is 0 Å². The summed E-state index contributed by atoms with van der Waals surface area (Å²) in [5.41, 5.74) is 0.271. The van der Waals surface area contributed by atoms with Crippen molar-refractivity contribution < 1.29 is 4.74 Å². The van der Waals surface area contributed by atoms with E-state index in [1.807, 2.05) is 17.5 Å². The second-order valence-electron chi connectivity index (χ2n) is 5.50. The molecule has 1 rings (SSSR count). The lowest BCUT2D eigenvalue weighted by molar-refractivity contribution is 0.176. The van der Waals surface area contributed by atoms with E-state index in [-0.39, 0.29) is 5.41 Å². The number of methoxy groups -OCH3 is 1. The van der Waals surface area contributed by atoms with Crippen molar-refractivity contribution in [3.8, 4) is 0 Å². The zero-order chi connectivity index (χ0) is 13.6. The van der Waals surface area contributed by atoms with Crippen LogP contribution < -0.4 is 5.32 Å². The number of aryl methyl sites for hydroxylation is 1. The Morgan fingerprint density at radius 1 is 1.50 bits per heavy atom. The van der Waals surface area contributed by atoms with Gasteiger partial charge in [-0.25, -0.2) is 4.98 Å². The lowest BCUT2D eigenvalue weighted by Gasteiger charge is -2.34. The Kier molecular flexibility index (Phi) is 6.26. The van der Waals surface area contributed by atoms with Crippen molar-refractivity contribution in [1.29, 1.82) is 0 Å². The lowest BCUT2D eigenvalue weighted by Crippen LogP contribution is -2.38. The molecule has 0 aliphatic rings. The first-order valence-corrected chi connectivity index (χ1v) is 7.40. The van der Waals surface area contributed by atoms with Gasteiger partial charge in [0.05, 0.1) is 11.6 Å². The molecule has 0 saturated carbocycles. The van der Waals surface area contributed by atoms with E-state index >= 15 is 0 Å². The molecule has 1 N–H and O–H groups in total. The second-order valence-corrected chi connectivity index (χ2v) is 6.82.